The molecule has 5 N–H and O–H groups in total. The van der Waals surface area contributed by atoms with Gasteiger partial charge in [0.2, 0.25) is 0 Å². The van der Waals surface area contributed by atoms with E-state index < -0.39 is 37.3 Å². The van der Waals surface area contributed by atoms with Crippen LogP contribution in [0, 0.1) is 0 Å². The van der Waals surface area contributed by atoms with Gasteiger partial charge in [0.25, 0.3) is 13.4 Å². The smallest absolute Gasteiger partial charge is 0.323 e. The molecule has 0 spiro atoms. The number of nitrogen functional groups attached to an aromatic ring is 1. The number of imidazole rings is 1. The molecule has 0 aliphatic heterocycles. The minimum absolute atomic E-state index is 0.139. The number of amides is 1. The maximum atomic E-state index is 13.8. The predicted molar refractivity (Wildman–Crippen MR) is 128 cm³/mol. The number of aliphatic carboxylic acids is 1. The molecule has 0 saturated heterocycles. The molecule has 0 radical (unpaired) electrons. The minimum atomic E-state index is -3.93. The standard InChI is InChI=1S/C21H28N7O6P/c1-13(9-28-11-25-16-17(22)23-10-24-18(16)28)34-12-35(32,27-21(2,3)20(30)31)26-19(29)14-7-5-6-8-15(14)33-4/h5-8,10-11,13H,9,12H2,1-4H3,(H,30,31)(H2,22,23,24)(H2,26,27,29,32). The van der Waals surface area contributed by atoms with Crippen LogP contribution in [-0.4, -0.2) is 61.6 Å². The zero-order chi connectivity index (χ0) is 25.8. The summed E-state index contributed by atoms with van der Waals surface area (Å²) in [4.78, 5) is 36.9. The van der Waals surface area contributed by atoms with E-state index in [2.05, 4.69) is 25.1 Å². The quantitative estimate of drug-likeness (QED) is 0.279. The van der Waals surface area contributed by atoms with Crippen molar-refractivity contribution in [2.45, 2.75) is 39.0 Å². The number of carbonyl (C=O) groups is 2. The monoisotopic (exact) mass is 505 g/mol. The van der Waals surface area contributed by atoms with Gasteiger partial charge in [-0.3, -0.25) is 19.2 Å². The molecule has 3 aromatic rings. The van der Waals surface area contributed by atoms with Crippen molar-refractivity contribution in [2.75, 3.05) is 19.2 Å². The number of aromatic nitrogens is 4. The summed E-state index contributed by atoms with van der Waals surface area (Å²) in [5.74, 6) is -1.44. The lowest BCUT2D eigenvalue weighted by Gasteiger charge is -2.29. The average molecular weight is 505 g/mol. The van der Waals surface area contributed by atoms with E-state index in [1.807, 2.05) is 0 Å². The number of fused-ring (bicyclic) bond motifs is 1. The number of hydrogen-bond acceptors (Lipinski definition) is 9. The van der Waals surface area contributed by atoms with Crippen molar-refractivity contribution in [1.29, 1.82) is 0 Å². The second-order valence-electron chi connectivity index (χ2n) is 8.36. The van der Waals surface area contributed by atoms with Crippen LogP contribution in [0.3, 0.4) is 0 Å². The van der Waals surface area contributed by atoms with Gasteiger partial charge in [0.05, 0.1) is 31.6 Å². The number of carboxylic acids is 1. The highest BCUT2D eigenvalue weighted by Crippen LogP contribution is 2.40. The van der Waals surface area contributed by atoms with Gasteiger partial charge in [-0.1, -0.05) is 12.1 Å². The molecule has 2 heterocycles. The minimum Gasteiger partial charge on any atom is -0.496 e. The second kappa shape index (κ2) is 10.4. The lowest BCUT2D eigenvalue weighted by Crippen LogP contribution is -2.48. The fourth-order valence-corrected chi connectivity index (χ4v) is 5.34. The van der Waals surface area contributed by atoms with Gasteiger partial charge in [-0.05, 0) is 32.9 Å². The molecule has 1 aromatic carbocycles. The highest BCUT2D eigenvalue weighted by atomic mass is 31.2. The Morgan fingerprint density at radius 1 is 1.26 bits per heavy atom. The van der Waals surface area contributed by atoms with Crippen LogP contribution in [0.1, 0.15) is 31.1 Å². The third-order valence-electron chi connectivity index (χ3n) is 5.05. The van der Waals surface area contributed by atoms with Crippen molar-refractivity contribution in [3.05, 3.63) is 42.5 Å². The number of ether oxygens (including phenoxy) is 2. The third kappa shape index (κ3) is 6.13. The summed E-state index contributed by atoms with van der Waals surface area (Å²) < 4.78 is 26.4. The molecule has 2 atom stereocenters. The maximum Gasteiger partial charge on any atom is 0.323 e. The second-order valence-corrected chi connectivity index (χ2v) is 10.5. The molecule has 0 saturated carbocycles. The van der Waals surface area contributed by atoms with Crippen molar-refractivity contribution in [2.24, 2.45) is 0 Å². The molecule has 3 rings (SSSR count). The van der Waals surface area contributed by atoms with Crippen LogP contribution in [-0.2, 0) is 20.6 Å². The largest absolute Gasteiger partial charge is 0.496 e. The Morgan fingerprint density at radius 2 is 1.97 bits per heavy atom. The van der Waals surface area contributed by atoms with Crippen LogP contribution < -0.4 is 20.6 Å². The summed E-state index contributed by atoms with van der Waals surface area (Å²) >= 11 is 0. The van der Waals surface area contributed by atoms with E-state index in [9.17, 15) is 19.3 Å². The number of carbonyl (C=O) groups excluding carboxylic acids is 1. The predicted octanol–water partition coefficient (Wildman–Crippen LogP) is 1.86. The van der Waals surface area contributed by atoms with Gasteiger partial charge < -0.3 is 24.9 Å². The van der Waals surface area contributed by atoms with Crippen LogP contribution in [0.2, 0.25) is 0 Å². The number of hydrogen-bond donors (Lipinski definition) is 4. The lowest BCUT2D eigenvalue weighted by molar-refractivity contribution is -0.142. The molecule has 0 aliphatic carbocycles. The van der Waals surface area contributed by atoms with Gasteiger partial charge in [-0.15, -0.1) is 0 Å². The van der Waals surface area contributed by atoms with Gasteiger partial charge in [-0.2, -0.15) is 0 Å². The molecule has 0 bridgehead atoms. The van der Waals surface area contributed by atoms with Crippen molar-refractivity contribution >= 4 is 36.3 Å². The number of methoxy groups -OCH3 is 1. The molecule has 0 fully saturated rings. The molecular formula is C21H28N7O6P. The van der Waals surface area contributed by atoms with E-state index in [0.29, 0.717) is 11.2 Å². The Hall–Kier alpha value is -3.54. The molecule has 2 unspecified atom stereocenters. The topological polar surface area (TPSA) is 184 Å². The first-order valence-corrected chi connectivity index (χ1v) is 12.5. The van der Waals surface area contributed by atoms with Crippen LogP contribution in [0.15, 0.2) is 36.9 Å². The third-order valence-corrected chi connectivity index (χ3v) is 7.05. The maximum absolute atomic E-state index is 13.8. The van der Waals surface area contributed by atoms with Crippen LogP contribution >= 0.6 is 7.44 Å². The first-order chi connectivity index (χ1) is 16.5. The summed E-state index contributed by atoms with van der Waals surface area (Å²) in [6.07, 6.45) is 1.86. The van der Waals surface area contributed by atoms with Crippen molar-refractivity contribution < 1.29 is 28.7 Å². The lowest BCUT2D eigenvalue weighted by atomic mass is 10.1. The summed E-state index contributed by atoms with van der Waals surface area (Å²) in [5.41, 5.74) is 5.28. The fraction of sp³-hybridized carbons (Fsp3) is 0.381. The van der Waals surface area contributed by atoms with Crippen molar-refractivity contribution in [3.8, 4) is 5.75 Å². The summed E-state index contributed by atoms with van der Waals surface area (Å²) in [7, 11) is -2.52. The molecule has 35 heavy (non-hydrogen) atoms. The Bertz CT molecular complexity index is 1280. The average Bonchev–Trinajstić information content (AvgIpc) is 3.21. The van der Waals surface area contributed by atoms with E-state index >= 15 is 0 Å². The van der Waals surface area contributed by atoms with E-state index in [1.54, 1.807) is 29.7 Å². The van der Waals surface area contributed by atoms with Gasteiger partial charge >= 0.3 is 5.97 Å². The van der Waals surface area contributed by atoms with E-state index in [0.717, 1.165) is 0 Å². The number of benzene rings is 1. The van der Waals surface area contributed by atoms with E-state index in [1.165, 1.54) is 39.7 Å². The molecular weight excluding hydrogens is 477 g/mol. The zero-order valence-corrected chi connectivity index (χ0v) is 20.7. The molecule has 1 amide bonds. The Balaban J connectivity index is 1.78. The first kappa shape index (κ1) is 26.1. The van der Waals surface area contributed by atoms with Crippen molar-refractivity contribution in [3.63, 3.8) is 0 Å². The zero-order valence-electron chi connectivity index (χ0n) is 19.8. The molecule has 0 aliphatic rings. The summed E-state index contributed by atoms with van der Waals surface area (Å²) in [6, 6.07) is 6.40. The van der Waals surface area contributed by atoms with Crippen LogP contribution in [0.25, 0.3) is 11.2 Å². The number of anilines is 1. The van der Waals surface area contributed by atoms with Gasteiger partial charge in [0.1, 0.15) is 29.5 Å². The number of nitrogens with one attached hydrogen (secondary N) is 2. The first-order valence-electron chi connectivity index (χ1n) is 10.6. The Labute approximate surface area is 201 Å². The Morgan fingerprint density at radius 3 is 2.66 bits per heavy atom. The molecule has 13 nitrogen and oxygen atoms in total. The summed E-state index contributed by atoms with van der Waals surface area (Å²) in [5, 5.41) is 14.5. The number of carboxylic acid groups (broad SMARTS) is 1. The number of nitrogens with zero attached hydrogens (tertiary/aromatic N) is 4. The highest BCUT2D eigenvalue weighted by Gasteiger charge is 2.38. The van der Waals surface area contributed by atoms with Crippen LogP contribution in [0.4, 0.5) is 5.82 Å². The number of nitrogens with two attached hydrogens (primary N) is 1. The number of para-hydroxylation sites is 1. The summed E-state index contributed by atoms with van der Waals surface area (Å²) in [6.45, 7) is 4.67. The molecule has 188 valence electrons. The molecule has 14 heteroatoms. The SMILES string of the molecule is COc1ccccc1C(=O)NP(=O)(COC(C)Cn1cnc2c(N)ncnc21)NC(C)(C)C(=O)O. The molecule has 2 aromatic heterocycles. The van der Waals surface area contributed by atoms with E-state index in [-0.39, 0.29) is 23.7 Å². The fourth-order valence-electron chi connectivity index (χ4n) is 3.24. The normalized spacial score (nSPS) is 14.3. The van der Waals surface area contributed by atoms with Gasteiger partial charge in [0.15, 0.2) is 11.5 Å². The van der Waals surface area contributed by atoms with E-state index in [4.69, 9.17) is 15.2 Å². The van der Waals surface area contributed by atoms with Gasteiger partial charge in [-0.25, -0.2) is 20.0 Å². The van der Waals surface area contributed by atoms with Crippen LogP contribution in [0.5, 0.6) is 5.75 Å². The highest BCUT2D eigenvalue weighted by molar-refractivity contribution is 7.60. The Kier molecular flexibility index (Phi) is 7.73. The van der Waals surface area contributed by atoms with Crippen molar-refractivity contribution in [1.82, 2.24) is 29.7 Å². The van der Waals surface area contributed by atoms with Gasteiger partial charge in [0, 0.05) is 0 Å². The number of rotatable bonds is 11.